The highest BCUT2D eigenvalue weighted by Gasteiger charge is 2.30. The third-order valence-electron chi connectivity index (χ3n) is 4.70. The van der Waals surface area contributed by atoms with Gasteiger partial charge in [-0.3, -0.25) is 4.79 Å². The summed E-state index contributed by atoms with van der Waals surface area (Å²) in [5.41, 5.74) is 0. The number of hydrogen-bond donors (Lipinski definition) is 0. The Labute approximate surface area is 110 Å². The highest BCUT2D eigenvalue weighted by molar-refractivity contribution is 5.76. The molecule has 0 aromatic carbocycles. The molecule has 102 valence electrons. The molecule has 1 saturated heterocycles. The van der Waals surface area contributed by atoms with E-state index >= 15 is 0 Å². The van der Waals surface area contributed by atoms with E-state index in [1.165, 1.54) is 38.5 Å². The quantitative estimate of drug-likeness (QED) is 0.751. The van der Waals surface area contributed by atoms with Gasteiger partial charge in [0.1, 0.15) is 0 Å². The molecular weight excluding hydrogens is 226 g/mol. The van der Waals surface area contributed by atoms with Crippen LogP contribution in [0.25, 0.3) is 0 Å². The second-order valence-electron chi connectivity index (χ2n) is 6.38. The van der Waals surface area contributed by atoms with Crippen molar-refractivity contribution in [3.8, 4) is 0 Å². The van der Waals surface area contributed by atoms with Gasteiger partial charge < -0.3 is 9.64 Å². The number of likely N-dealkylation sites (tertiary alicyclic amines) is 1. The number of amides is 1. The third kappa shape index (κ3) is 3.25. The predicted octanol–water partition coefficient (Wildman–Crippen LogP) is 2.59. The van der Waals surface area contributed by atoms with Crippen LogP contribution in [0.1, 0.15) is 51.4 Å². The first-order valence-corrected chi connectivity index (χ1v) is 7.70. The summed E-state index contributed by atoms with van der Waals surface area (Å²) in [6.07, 6.45) is 10.0. The number of nitrogens with zero attached hydrogens (tertiary/aromatic N) is 1. The number of ether oxygens (including phenoxy) is 1. The molecular formula is C15H25NO2. The Hall–Kier alpha value is -0.570. The lowest BCUT2D eigenvalue weighted by Crippen LogP contribution is -2.31. The molecule has 0 aromatic heterocycles. The Kier molecular flexibility index (Phi) is 3.88. The van der Waals surface area contributed by atoms with Crippen LogP contribution in [0.15, 0.2) is 0 Å². The fraction of sp³-hybridized carbons (Fsp3) is 0.933. The molecule has 3 fully saturated rings. The molecule has 3 heteroatoms. The van der Waals surface area contributed by atoms with Crippen molar-refractivity contribution >= 4 is 5.91 Å². The highest BCUT2D eigenvalue weighted by atomic mass is 16.5. The van der Waals surface area contributed by atoms with Gasteiger partial charge in [-0.15, -0.1) is 0 Å². The van der Waals surface area contributed by atoms with Crippen molar-refractivity contribution in [3.63, 3.8) is 0 Å². The van der Waals surface area contributed by atoms with Crippen LogP contribution >= 0.6 is 0 Å². The maximum atomic E-state index is 12.2. The van der Waals surface area contributed by atoms with Gasteiger partial charge in [-0.25, -0.2) is 0 Å². The van der Waals surface area contributed by atoms with Gasteiger partial charge in [-0.2, -0.15) is 0 Å². The van der Waals surface area contributed by atoms with E-state index in [2.05, 4.69) is 0 Å². The molecule has 2 saturated carbocycles. The number of hydrogen-bond acceptors (Lipinski definition) is 2. The minimum Gasteiger partial charge on any atom is -0.376 e. The van der Waals surface area contributed by atoms with Gasteiger partial charge in [-0.05, 0) is 43.9 Å². The summed E-state index contributed by atoms with van der Waals surface area (Å²) in [6.45, 7) is 2.69. The SMILES string of the molecule is O=C(CC1CCCC1)N1CCC(OCC2CC2)C1. The largest absolute Gasteiger partial charge is 0.376 e. The molecule has 18 heavy (non-hydrogen) atoms. The molecule has 0 bridgehead atoms. The fourth-order valence-corrected chi connectivity index (χ4v) is 3.24. The summed E-state index contributed by atoms with van der Waals surface area (Å²) < 4.78 is 5.88. The molecule has 1 amide bonds. The summed E-state index contributed by atoms with van der Waals surface area (Å²) in [5.74, 6) is 1.87. The summed E-state index contributed by atoms with van der Waals surface area (Å²) >= 11 is 0. The van der Waals surface area contributed by atoms with Crippen molar-refractivity contribution in [1.29, 1.82) is 0 Å². The summed E-state index contributed by atoms with van der Waals surface area (Å²) in [4.78, 5) is 14.2. The van der Waals surface area contributed by atoms with Gasteiger partial charge in [0, 0.05) is 26.1 Å². The lowest BCUT2D eigenvalue weighted by molar-refractivity contribution is -0.131. The van der Waals surface area contributed by atoms with E-state index in [1.807, 2.05) is 4.90 Å². The third-order valence-corrected chi connectivity index (χ3v) is 4.70. The zero-order chi connectivity index (χ0) is 12.4. The lowest BCUT2D eigenvalue weighted by Gasteiger charge is -2.18. The van der Waals surface area contributed by atoms with Crippen LogP contribution in [0.5, 0.6) is 0 Å². The molecule has 1 unspecified atom stereocenters. The molecule has 1 atom stereocenters. The molecule has 1 heterocycles. The number of rotatable bonds is 5. The van der Waals surface area contributed by atoms with Gasteiger partial charge >= 0.3 is 0 Å². The Morgan fingerprint density at radius 2 is 1.83 bits per heavy atom. The smallest absolute Gasteiger partial charge is 0.222 e. The Bertz CT molecular complexity index is 295. The van der Waals surface area contributed by atoms with Crippen molar-refractivity contribution in [2.75, 3.05) is 19.7 Å². The normalized spacial score (nSPS) is 29.1. The van der Waals surface area contributed by atoms with Crippen LogP contribution in [0, 0.1) is 11.8 Å². The zero-order valence-corrected chi connectivity index (χ0v) is 11.3. The van der Waals surface area contributed by atoms with Crippen LogP contribution in [0.2, 0.25) is 0 Å². The summed E-state index contributed by atoms with van der Waals surface area (Å²) in [7, 11) is 0. The first-order valence-electron chi connectivity index (χ1n) is 7.70. The van der Waals surface area contributed by atoms with Crippen LogP contribution < -0.4 is 0 Å². The molecule has 0 radical (unpaired) electrons. The fourth-order valence-electron chi connectivity index (χ4n) is 3.24. The van der Waals surface area contributed by atoms with Crippen LogP contribution in [-0.2, 0) is 9.53 Å². The summed E-state index contributed by atoms with van der Waals surface area (Å²) in [5, 5.41) is 0. The lowest BCUT2D eigenvalue weighted by atomic mass is 10.0. The van der Waals surface area contributed by atoms with E-state index in [4.69, 9.17) is 4.74 Å². The minimum absolute atomic E-state index is 0.318. The van der Waals surface area contributed by atoms with Crippen molar-refractivity contribution in [1.82, 2.24) is 4.90 Å². The maximum absolute atomic E-state index is 12.2. The second-order valence-corrected chi connectivity index (χ2v) is 6.38. The Morgan fingerprint density at radius 1 is 1.06 bits per heavy atom. The Morgan fingerprint density at radius 3 is 2.56 bits per heavy atom. The van der Waals surface area contributed by atoms with E-state index in [9.17, 15) is 4.79 Å². The average Bonchev–Trinajstić information content (AvgIpc) is 2.88. The monoisotopic (exact) mass is 251 g/mol. The van der Waals surface area contributed by atoms with Crippen molar-refractivity contribution in [2.45, 2.75) is 57.5 Å². The van der Waals surface area contributed by atoms with Crippen LogP contribution in [0.4, 0.5) is 0 Å². The molecule has 3 nitrogen and oxygen atoms in total. The minimum atomic E-state index is 0.318. The zero-order valence-electron chi connectivity index (χ0n) is 11.3. The molecule has 2 aliphatic carbocycles. The molecule has 0 aromatic rings. The second kappa shape index (κ2) is 5.60. The van der Waals surface area contributed by atoms with E-state index in [1.54, 1.807) is 0 Å². The van der Waals surface area contributed by atoms with E-state index < -0.39 is 0 Å². The van der Waals surface area contributed by atoms with E-state index in [0.717, 1.165) is 38.5 Å². The van der Waals surface area contributed by atoms with Gasteiger partial charge in [0.15, 0.2) is 0 Å². The first-order chi connectivity index (χ1) is 8.81. The number of carbonyl (C=O) groups is 1. The Balaban J connectivity index is 1.38. The van der Waals surface area contributed by atoms with Gasteiger partial charge in [0.2, 0.25) is 5.91 Å². The van der Waals surface area contributed by atoms with E-state index in [-0.39, 0.29) is 0 Å². The predicted molar refractivity (Wildman–Crippen MR) is 70.2 cm³/mol. The molecule has 0 N–H and O–H groups in total. The van der Waals surface area contributed by atoms with Crippen LogP contribution in [0.3, 0.4) is 0 Å². The highest BCUT2D eigenvalue weighted by Crippen LogP contribution is 2.31. The molecule has 3 rings (SSSR count). The van der Waals surface area contributed by atoms with Crippen molar-refractivity contribution < 1.29 is 9.53 Å². The van der Waals surface area contributed by atoms with Crippen molar-refractivity contribution in [3.05, 3.63) is 0 Å². The van der Waals surface area contributed by atoms with Gasteiger partial charge in [0.25, 0.3) is 0 Å². The average molecular weight is 251 g/mol. The first kappa shape index (κ1) is 12.5. The van der Waals surface area contributed by atoms with E-state index in [0.29, 0.717) is 17.9 Å². The number of carbonyl (C=O) groups excluding carboxylic acids is 1. The molecule has 3 aliphatic rings. The maximum Gasteiger partial charge on any atom is 0.222 e. The molecule has 0 spiro atoms. The molecule has 1 aliphatic heterocycles. The topological polar surface area (TPSA) is 29.5 Å². The summed E-state index contributed by atoms with van der Waals surface area (Å²) in [6, 6.07) is 0. The standard InChI is InChI=1S/C15H25NO2/c17-15(9-12-3-1-2-4-12)16-8-7-14(10-16)18-11-13-5-6-13/h12-14H,1-11H2. The van der Waals surface area contributed by atoms with Crippen molar-refractivity contribution in [2.24, 2.45) is 11.8 Å². The van der Waals surface area contributed by atoms with Gasteiger partial charge in [-0.1, -0.05) is 12.8 Å². The van der Waals surface area contributed by atoms with Gasteiger partial charge in [0.05, 0.1) is 6.10 Å². The van der Waals surface area contributed by atoms with Crippen LogP contribution in [-0.4, -0.2) is 36.6 Å².